The van der Waals surface area contributed by atoms with Gasteiger partial charge in [0.15, 0.2) is 6.61 Å². The van der Waals surface area contributed by atoms with Crippen molar-refractivity contribution in [3.05, 3.63) is 33.8 Å². The minimum absolute atomic E-state index is 0.215. The number of alkyl halides is 3. The Labute approximate surface area is 104 Å². The zero-order chi connectivity index (χ0) is 13.1. The predicted octanol–water partition coefficient (Wildman–Crippen LogP) is 2.98. The number of hydrogen-bond acceptors (Lipinski definition) is 2. The number of rotatable bonds is 3. The average Bonchev–Trinajstić information content (AvgIpc) is 2.19. The van der Waals surface area contributed by atoms with Crippen molar-refractivity contribution in [3.8, 4) is 0 Å². The van der Waals surface area contributed by atoms with Gasteiger partial charge in [-0.3, -0.25) is 9.63 Å². The highest BCUT2D eigenvalue weighted by Crippen LogP contribution is 2.18. The van der Waals surface area contributed by atoms with Gasteiger partial charge in [0.2, 0.25) is 0 Å². The standard InChI is InChI=1S/C10H9BrF3NO2/c1-6-2-3-8(11)7(4-6)9(16)15-17-5-10(12,13)14/h2-4H,5H2,1H3,(H,15,16). The Hall–Kier alpha value is -1.08. The minimum atomic E-state index is -4.48. The maximum absolute atomic E-state index is 11.8. The number of carbonyl (C=O) groups excluding carboxylic acids is 1. The molecule has 0 unspecified atom stereocenters. The first-order chi connectivity index (χ1) is 7.79. The van der Waals surface area contributed by atoms with Gasteiger partial charge in [0.05, 0.1) is 5.56 Å². The summed E-state index contributed by atoms with van der Waals surface area (Å²) in [5, 5.41) is 0. The van der Waals surface area contributed by atoms with E-state index in [2.05, 4.69) is 20.8 Å². The zero-order valence-corrected chi connectivity index (χ0v) is 10.4. The fraction of sp³-hybridized carbons (Fsp3) is 0.300. The summed E-state index contributed by atoms with van der Waals surface area (Å²) >= 11 is 3.12. The smallest absolute Gasteiger partial charge is 0.267 e. The van der Waals surface area contributed by atoms with Crippen molar-refractivity contribution >= 4 is 21.8 Å². The molecular weight excluding hydrogens is 303 g/mol. The van der Waals surface area contributed by atoms with Crippen molar-refractivity contribution in [2.45, 2.75) is 13.1 Å². The van der Waals surface area contributed by atoms with Gasteiger partial charge in [0.1, 0.15) is 0 Å². The Kier molecular flexibility index (Phi) is 4.53. The molecule has 0 aromatic heterocycles. The maximum atomic E-state index is 11.8. The number of hydrogen-bond donors (Lipinski definition) is 1. The SMILES string of the molecule is Cc1ccc(Br)c(C(=O)NOCC(F)(F)F)c1. The van der Waals surface area contributed by atoms with Crippen LogP contribution in [0.1, 0.15) is 15.9 Å². The molecular formula is C10H9BrF3NO2. The van der Waals surface area contributed by atoms with Gasteiger partial charge in [-0.1, -0.05) is 11.6 Å². The number of carbonyl (C=O) groups is 1. The van der Waals surface area contributed by atoms with E-state index in [1.54, 1.807) is 24.5 Å². The summed E-state index contributed by atoms with van der Waals surface area (Å²) in [6.07, 6.45) is -4.48. The number of benzene rings is 1. The second-order valence-electron chi connectivity index (χ2n) is 3.32. The van der Waals surface area contributed by atoms with Crippen LogP contribution in [0.4, 0.5) is 13.2 Å². The highest BCUT2D eigenvalue weighted by atomic mass is 79.9. The van der Waals surface area contributed by atoms with Crippen molar-refractivity contribution < 1.29 is 22.8 Å². The number of hydroxylamine groups is 1. The first kappa shape index (κ1) is 14.0. The molecule has 94 valence electrons. The average molecular weight is 312 g/mol. The zero-order valence-electron chi connectivity index (χ0n) is 8.77. The molecule has 0 bridgehead atoms. The monoisotopic (exact) mass is 311 g/mol. The fourth-order valence-electron chi connectivity index (χ4n) is 1.05. The molecule has 1 rings (SSSR count). The van der Waals surface area contributed by atoms with Gasteiger partial charge in [-0.2, -0.15) is 13.2 Å². The van der Waals surface area contributed by atoms with Gasteiger partial charge in [-0.15, -0.1) is 0 Å². The largest absolute Gasteiger partial charge is 0.414 e. The lowest BCUT2D eigenvalue weighted by Gasteiger charge is -2.09. The second-order valence-corrected chi connectivity index (χ2v) is 4.17. The molecule has 17 heavy (non-hydrogen) atoms. The lowest BCUT2D eigenvalue weighted by Crippen LogP contribution is -2.29. The summed E-state index contributed by atoms with van der Waals surface area (Å²) in [6, 6.07) is 4.93. The first-order valence-electron chi connectivity index (χ1n) is 4.54. The Morgan fingerprint density at radius 3 is 2.71 bits per heavy atom. The van der Waals surface area contributed by atoms with Crippen LogP contribution in [0.15, 0.2) is 22.7 Å². The summed E-state index contributed by atoms with van der Waals surface area (Å²) in [4.78, 5) is 15.5. The van der Waals surface area contributed by atoms with Gasteiger partial charge in [-0.05, 0) is 35.0 Å². The van der Waals surface area contributed by atoms with Gasteiger partial charge >= 0.3 is 6.18 Å². The molecule has 0 aliphatic rings. The number of halogens is 4. The summed E-state index contributed by atoms with van der Waals surface area (Å²) in [5.41, 5.74) is 2.76. The molecule has 0 radical (unpaired) electrons. The van der Waals surface area contributed by atoms with Gasteiger partial charge in [0, 0.05) is 4.47 Å². The van der Waals surface area contributed by atoms with Crippen molar-refractivity contribution in [2.75, 3.05) is 6.61 Å². The quantitative estimate of drug-likeness (QED) is 0.872. The molecule has 3 nitrogen and oxygen atoms in total. The third kappa shape index (κ3) is 4.74. The van der Waals surface area contributed by atoms with Crippen molar-refractivity contribution in [2.24, 2.45) is 0 Å². The molecule has 1 N–H and O–H groups in total. The predicted molar refractivity (Wildman–Crippen MR) is 58.4 cm³/mol. The van der Waals surface area contributed by atoms with Crippen molar-refractivity contribution in [1.82, 2.24) is 5.48 Å². The number of amides is 1. The molecule has 0 spiro atoms. The van der Waals surface area contributed by atoms with Crippen LogP contribution < -0.4 is 5.48 Å². The highest BCUT2D eigenvalue weighted by molar-refractivity contribution is 9.10. The molecule has 0 aliphatic heterocycles. The molecule has 0 aliphatic carbocycles. The molecule has 0 fully saturated rings. The van der Waals surface area contributed by atoms with Crippen LogP contribution in [-0.2, 0) is 4.84 Å². The van der Waals surface area contributed by atoms with Gasteiger partial charge in [0.25, 0.3) is 5.91 Å². The summed E-state index contributed by atoms with van der Waals surface area (Å²) in [5.74, 6) is -0.732. The Balaban J connectivity index is 2.61. The third-order valence-electron chi connectivity index (χ3n) is 1.77. The van der Waals surface area contributed by atoms with Crippen LogP contribution in [0, 0.1) is 6.92 Å². The number of aryl methyl sites for hydroxylation is 1. The Bertz CT molecular complexity index is 421. The fourth-order valence-corrected chi connectivity index (χ4v) is 1.48. The van der Waals surface area contributed by atoms with Crippen LogP contribution in [0.5, 0.6) is 0 Å². The molecule has 1 aromatic carbocycles. The Morgan fingerprint density at radius 2 is 2.12 bits per heavy atom. The minimum Gasteiger partial charge on any atom is -0.267 e. The topological polar surface area (TPSA) is 38.3 Å². The van der Waals surface area contributed by atoms with Crippen LogP contribution in [0.2, 0.25) is 0 Å². The van der Waals surface area contributed by atoms with E-state index >= 15 is 0 Å². The second kappa shape index (κ2) is 5.50. The van der Waals surface area contributed by atoms with E-state index in [4.69, 9.17) is 0 Å². The number of nitrogens with one attached hydrogen (secondary N) is 1. The highest BCUT2D eigenvalue weighted by Gasteiger charge is 2.28. The summed E-state index contributed by atoms with van der Waals surface area (Å²) in [6.45, 7) is 0.238. The normalized spacial score (nSPS) is 11.4. The van der Waals surface area contributed by atoms with E-state index in [0.29, 0.717) is 4.47 Å². The molecule has 1 amide bonds. The maximum Gasteiger partial charge on any atom is 0.414 e. The van der Waals surface area contributed by atoms with Crippen molar-refractivity contribution in [1.29, 1.82) is 0 Å². The van der Waals surface area contributed by atoms with Crippen LogP contribution in [0.25, 0.3) is 0 Å². The molecule has 0 saturated carbocycles. The molecule has 0 atom stereocenters. The third-order valence-corrected chi connectivity index (χ3v) is 2.46. The van der Waals surface area contributed by atoms with E-state index in [1.165, 1.54) is 6.07 Å². The van der Waals surface area contributed by atoms with Gasteiger partial charge in [-0.25, -0.2) is 5.48 Å². The lowest BCUT2D eigenvalue weighted by atomic mass is 10.1. The van der Waals surface area contributed by atoms with E-state index in [1.807, 2.05) is 0 Å². The van der Waals surface area contributed by atoms with Crippen LogP contribution >= 0.6 is 15.9 Å². The molecule has 1 aromatic rings. The van der Waals surface area contributed by atoms with E-state index in [9.17, 15) is 18.0 Å². The van der Waals surface area contributed by atoms with Gasteiger partial charge < -0.3 is 0 Å². The Morgan fingerprint density at radius 1 is 1.47 bits per heavy atom. The lowest BCUT2D eigenvalue weighted by molar-refractivity contribution is -0.184. The molecule has 7 heteroatoms. The molecule has 0 heterocycles. The van der Waals surface area contributed by atoms with Crippen molar-refractivity contribution in [3.63, 3.8) is 0 Å². The van der Waals surface area contributed by atoms with E-state index in [0.717, 1.165) is 5.56 Å². The van der Waals surface area contributed by atoms with Crippen LogP contribution in [-0.4, -0.2) is 18.7 Å². The first-order valence-corrected chi connectivity index (χ1v) is 5.34. The summed E-state index contributed by atoms with van der Waals surface area (Å²) < 4.78 is 35.8. The van der Waals surface area contributed by atoms with Crippen LogP contribution in [0.3, 0.4) is 0 Å². The van der Waals surface area contributed by atoms with E-state index < -0.39 is 18.7 Å². The van der Waals surface area contributed by atoms with E-state index in [-0.39, 0.29) is 5.56 Å². The molecule has 0 saturated heterocycles. The summed E-state index contributed by atoms with van der Waals surface area (Å²) in [7, 11) is 0.